The van der Waals surface area contributed by atoms with E-state index in [-0.39, 0.29) is 0 Å². The van der Waals surface area contributed by atoms with Crippen LogP contribution < -0.4 is 5.32 Å². The Hall–Kier alpha value is -0.880. The van der Waals surface area contributed by atoms with Gasteiger partial charge in [-0.2, -0.15) is 0 Å². The predicted octanol–water partition coefficient (Wildman–Crippen LogP) is -1.03. The maximum atomic E-state index is 9.67. The second-order valence-electron chi connectivity index (χ2n) is 1.67. The van der Waals surface area contributed by atoms with Gasteiger partial charge >= 0.3 is 5.09 Å². The molecule has 1 saturated heterocycles. The lowest BCUT2D eigenvalue weighted by atomic mass is 10.7. The third-order valence-corrected chi connectivity index (χ3v) is 1.01. The summed E-state index contributed by atoms with van der Waals surface area (Å²) in [6, 6.07) is 0. The molecule has 6 heteroatoms. The van der Waals surface area contributed by atoms with Crippen LogP contribution in [0.3, 0.4) is 0 Å². The standard InChI is InChI=1S/C3H7N3O3/c7-6(8)9-5-2-1-4-3-5/h4H,1-3H2. The lowest BCUT2D eigenvalue weighted by molar-refractivity contribution is -0.809. The topological polar surface area (TPSA) is 67.6 Å². The lowest BCUT2D eigenvalue weighted by Crippen LogP contribution is -2.25. The highest BCUT2D eigenvalue weighted by molar-refractivity contribution is 4.55. The Balaban J connectivity index is 2.19. The van der Waals surface area contributed by atoms with E-state index in [0.717, 1.165) is 6.54 Å². The second-order valence-corrected chi connectivity index (χ2v) is 1.67. The summed E-state index contributed by atoms with van der Waals surface area (Å²) in [7, 11) is 0. The number of hydrogen-bond acceptors (Lipinski definition) is 5. The van der Waals surface area contributed by atoms with Gasteiger partial charge in [0.25, 0.3) is 0 Å². The first kappa shape index (κ1) is 6.24. The van der Waals surface area contributed by atoms with E-state index in [1.807, 2.05) is 0 Å². The molecule has 0 aromatic heterocycles. The van der Waals surface area contributed by atoms with E-state index in [4.69, 9.17) is 0 Å². The first-order valence-corrected chi connectivity index (χ1v) is 2.57. The Morgan fingerprint density at radius 1 is 1.78 bits per heavy atom. The molecule has 0 saturated carbocycles. The van der Waals surface area contributed by atoms with Crippen LogP contribution in [-0.4, -0.2) is 29.9 Å². The maximum Gasteiger partial charge on any atom is 0.312 e. The van der Waals surface area contributed by atoms with Crippen molar-refractivity contribution in [2.75, 3.05) is 19.8 Å². The van der Waals surface area contributed by atoms with Gasteiger partial charge in [-0.1, -0.05) is 0 Å². The molecule has 0 aromatic rings. The van der Waals surface area contributed by atoms with Crippen LogP contribution in [-0.2, 0) is 4.94 Å². The Morgan fingerprint density at radius 2 is 2.56 bits per heavy atom. The molecule has 52 valence electrons. The zero-order valence-corrected chi connectivity index (χ0v) is 4.74. The fourth-order valence-electron chi connectivity index (χ4n) is 0.651. The molecule has 0 spiro atoms. The van der Waals surface area contributed by atoms with Crippen LogP contribution >= 0.6 is 0 Å². The minimum atomic E-state index is -0.812. The van der Waals surface area contributed by atoms with Crippen LogP contribution in [0.2, 0.25) is 0 Å². The van der Waals surface area contributed by atoms with E-state index in [9.17, 15) is 10.1 Å². The highest BCUT2D eigenvalue weighted by atomic mass is 17.0. The van der Waals surface area contributed by atoms with Crippen LogP contribution in [0.4, 0.5) is 0 Å². The van der Waals surface area contributed by atoms with Crippen molar-refractivity contribution in [2.24, 2.45) is 0 Å². The number of hydrogen-bond donors (Lipinski definition) is 1. The van der Waals surface area contributed by atoms with Crippen LogP contribution in [0.5, 0.6) is 0 Å². The fraction of sp³-hybridized carbons (Fsp3) is 1.00. The van der Waals surface area contributed by atoms with Crippen molar-refractivity contribution in [3.8, 4) is 0 Å². The molecule has 0 aliphatic carbocycles. The Kier molecular flexibility index (Phi) is 1.81. The highest BCUT2D eigenvalue weighted by Gasteiger charge is 2.13. The van der Waals surface area contributed by atoms with Gasteiger partial charge in [-0.05, 0) is 0 Å². The van der Waals surface area contributed by atoms with E-state index in [2.05, 4.69) is 10.3 Å². The zero-order chi connectivity index (χ0) is 6.69. The molecule has 1 rings (SSSR count). The van der Waals surface area contributed by atoms with Gasteiger partial charge in [-0.25, -0.2) is 4.94 Å². The molecule has 0 amide bonds. The molecule has 0 atom stereocenters. The Morgan fingerprint density at radius 3 is 3.00 bits per heavy atom. The molecule has 0 aromatic carbocycles. The first-order chi connectivity index (χ1) is 4.29. The van der Waals surface area contributed by atoms with E-state index in [1.165, 1.54) is 5.06 Å². The minimum Gasteiger partial charge on any atom is -0.301 e. The molecule has 1 heterocycles. The van der Waals surface area contributed by atoms with Crippen LogP contribution in [0, 0.1) is 10.1 Å². The van der Waals surface area contributed by atoms with Gasteiger partial charge in [0.15, 0.2) is 0 Å². The summed E-state index contributed by atoms with van der Waals surface area (Å²) in [5.74, 6) is 0. The molecule has 1 N–H and O–H groups in total. The van der Waals surface area contributed by atoms with Crippen molar-refractivity contribution in [2.45, 2.75) is 0 Å². The summed E-state index contributed by atoms with van der Waals surface area (Å²) in [6.07, 6.45) is 0. The van der Waals surface area contributed by atoms with Crippen LogP contribution in [0.25, 0.3) is 0 Å². The van der Waals surface area contributed by atoms with Crippen molar-refractivity contribution >= 4 is 0 Å². The molecule has 0 unspecified atom stereocenters. The Labute approximate surface area is 51.4 Å². The number of hydroxylamine groups is 2. The smallest absolute Gasteiger partial charge is 0.301 e. The summed E-state index contributed by atoms with van der Waals surface area (Å²) < 4.78 is 0. The maximum absolute atomic E-state index is 9.67. The molecule has 1 aliphatic rings. The molecule has 0 radical (unpaired) electrons. The quantitative estimate of drug-likeness (QED) is 0.385. The summed E-state index contributed by atoms with van der Waals surface area (Å²) in [5.41, 5.74) is 0. The third kappa shape index (κ3) is 1.82. The van der Waals surface area contributed by atoms with Gasteiger partial charge < -0.3 is 5.32 Å². The molecule has 1 aliphatic heterocycles. The zero-order valence-electron chi connectivity index (χ0n) is 4.74. The first-order valence-electron chi connectivity index (χ1n) is 2.57. The van der Waals surface area contributed by atoms with Gasteiger partial charge in [-0.3, -0.25) is 0 Å². The van der Waals surface area contributed by atoms with E-state index in [0.29, 0.717) is 13.2 Å². The summed E-state index contributed by atoms with van der Waals surface area (Å²) in [6.45, 7) is 1.75. The fourth-order valence-corrected chi connectivity index (χ4v) is 0.651. The number of nitrogens with one attached hydrogen (secondary N) is 1. The molecule has 9 heavy (non-hydrogen) atoms. The van der Waals surface area contributed by atoms with Gasteiger partial charge in [0, 0.05) is 13.1 Å². The van der Waals surface area contributed by atoms with Crippen molar-refractivity contribution in [3.05, 3.63) is 10.1 Å². The third-order valence-electron chi connectivity index (χ3n) is 1.01. The van der Waals surface area contributed by atoms with Gasteiger partial charge in [0.2, 0.25) is 0 Å². The summed E-state index contributed by atoms with van der Waals surface area (Å²) in [5, 5.41) is 13.0. The van der Waals surface area contributed by atoms with Gasteiger partial charge in [0.1, 0.15) is 0 Å². The molecule has 6 nitrogen and oxygen atoms in total. The SMILES string of the molecule is O=[N+]([O-])ON1CCNC1. The van der Waals surface area contributed by atoms with Crippen molar-refractivity contribution in [1.82, 2.24) is 10.4 Å². The van der Waals surface area contributed by atoms with Crippen LogP contribution in [0.1, 0.15) is 0 Å². The number of nitrogens with zero attached hydrogens (tertiary/aromatic N) is 2. The molecule has 1 fully saturated rings. The Bertz CT molecular complexity index is 111. The average molecular weight is 133 g/mol. The van der Waals surface area contributed by atoms with Crippen molar-refractivity contribution < 1.29 is 10.0 Å². The number of rotatable bonds is 2. The van der Waals surface area contributed by atoms with Crippen molar-refractivity contribution in [3.63, 3.8) is 0 Å². The van der Waals surface area contributed by atoms with E-state index >= 15 is 0 Å². The van der Waals surface area contributed by atoms with Crippen LogP contribution in [0.15, 0.2) is 0 Å². The van der Waals surface area contributed by atoms with E-state index in [1.54, 1.807) is 0 Å². The predicted molar refractivity (Wildman–Crippen MR) is 27.7 cm³/mol. The summed E-state index contributed by atoms with van der Waals surface area (Å²) in [4.78, 5) is 13.8. The monoisotopic (exact) mass is 133 g/mol. The highest BCUT2D eigenvalue weighted by Crippen LogP contribution is 1.92. The van der Waals surface area contributed by atoms with Gasteiger partial charge in [-0.15, -0.1) is 15.2 Å². The average Bonchev–Trinajstić information content (AvgIpc) is 2.15. The minimum absolute atomic E-state index is 0.432. The lowest BCUT2D eigenvalue weighted by Gasteiger charge is -2.07. The molecule has 0 bridgehead atoms. The molecular formula is C3H7N3O3. The second kappa shape index (κ2) is 2.60. The normalized spacial score (nSPS) is 20.0. The van der Waals surface area contributed by atoms with Crippen molar-refractivity contribution in [1.29, 1.82) is 0 Å². The van der Waals surface area contributed by atoms with E-state index < -0.39 is 5.09 Å². The molecular weight excluding hydrogens is 126 g/mol. The van der Waals surface area contributed by atoms with Gasteiger partial charge in [0.05, 0.1) is 6.67 Å². The summed E-state index contributed by atoms with van der Waals surface area (Å²) >= 11 is 0. The largest absolute Gasteiger partial charge is 0.312 e.